The number of carbonyl (C=O) groups excluding carboxylic acids is 1. The lowest BCUT2D eigenvalue weighted by atomic mass is 10.2. The van der Waals surface area contributed by atoms with Crippen LogP contribution in [-0.4, -0.2) is 25.7 Å². The Hall–Kier alpha value is -0.620. The average molecular weight is 319 g/mol. The smallest absolute Gasteiger partial charge is 0.252 e. The van der Waals surface area contributed by atoms with E-state index in [0.717, 1.165) is 3.57 Å². The predicted octanol–water partition coefficient (Wildman–Crippen LogP) is 2.06. The van der Waals surface area contributed by atoms with Gasteiger partial charge in [0.15, 0.2) is 0 Å². The van der Waals surface area contributed by atoms with Crippen LogP contribution in [0.2, 0.25) is 0 Å². The minimum Gasteiger partial charge on any atom is -0.380 e. The summed E-state index contributed by atoms with van der Waals surface area (Å²) in [5.74, 6) is -0.0519. The highest BCUT2D eigenvalue weighted by molar-refractivity contribution is 14.1. The predicted molar refractivity (Wildman–Crippen MR) is 68.0 cm³/mol. The molecular weight excluding hydrogens is 305 g/mol. The molecule has 0 fully saturated rings. The third-order valence-electron chi connectivity index (χ3n) is 2.07. The van der Waals surface area contributed by atoms with Crippen molar-refractivity contribution in [1.29, 1.82) is 0 Å². The van der Waals surface area contributed by atoms with Gasteiger partial charge in [0.2, 0.25) is 0 Å². The molecule has 0 aliphatic carbocycles. The highest BCUT2D eigenvalue weighted by Gasteiger charge is 2.09. The number of amides is 1. The second kappa shape index (κ2) is 6.07. The second-order valence-electron chi connectivity index (χ2n) is 3.24. The van der Waals surface area contributed by atoms with Gasteiger partial charge < -0.3 is 10.1 Å². The van der Waals surface area contributed by atoms with Crippen LogP contribution in [0.5, 0.6) is 0 Å². The summed E-state index contributed by atoms with van der Waals surface area (Å²) in [5, 5.41) is 2.82. The van der Waals surface area contributed by atoms with E-state index in [4.69, 9.17) is 4.74 Å². The van der Waals surface area contributed by atoms with E-state index in [1.54, 1.807) is 7.11 Å². The van der Waals surface area contributed by atoms with E-state index < -0.39 is 0 Å². The fourth-order valence-electron chi connectivity index (χ4n) is 1.06. The summed E-state index contributed by atoms with van der Waals surface area (Å²) in [6, 6.07) is 7.50. The van der Waals surface area contributed by atoms with E-state index in [0.29, 0.717) is 12.1 Å². The fraction of sp³-hybridized carbons (Fsp3) is 0.364. The molecular formula is C11H14INO2. The molecule has 1 aromatic rings. The summed E-state index contributed by atoms with van der Waals surface area (Å²) < 4.78 is 6.01. The molecule has 1 rings (SSSR count). The standard InChI is InChI=1S/C11H14INO2/c1-8(15-2)7-13-11(14)9-5-3-4-6-10(9)12/h3-6,8H,7H2,1-2H3,(H,13,14). The van der Waals surface area contributed by atoms with E-state index in [2.05, 4.69) is 27.9 Å². The zero-order valence-electron chi connectivity index (χ0n) is 8.79. The van der Waals surface area contributed by atoms with Crippen molar-refractivity contribution in [3.05, 3.63) is 33.4 Å². The van der Waals surface area contributed by atoms with E-state index in [1.807, 2.05) is 31.2 Å². The Morgan fingerprint density at radius 1 is 1.53 bits per heavy atom. The number of methoxy groups -OCH3 is 1. The molecule has 1 aromatic carbocycles. The molecule has 0 aliphatic heterocycles. The lowest BCUT2D eigenvalue weighted by molar-refractivity contribution is 0.0869. The summed E-state index contributed by atoms with van der Waals surface area (Å²) in [7, 11) is 1.63. The molecule has 0 saturated heterocycles. The molecule has 0 saturated carbocycles. The topological polar surface area (TPSA) is 38.3 Å². The Bertz CT molecular complexity index is 341. The molecule has 1 amide bonds. The summed E-state index contributed by atoms with van der Waals surface area (Å²) in [6.07, 6.45) is 0.0373. The van der Waals surface area contributed by atoms with Gasteiger partial charge in [0.1, 0.15) is 0 Å². The number of halogens is 1. The fourth-order valence-corrected chi connectivity index (χ4v) is 1.69. The Labute approximate surface area is 103 Å². The first-order valence-electron chi connectivity index (χ1n) is 4.70. The number of hydrogen-bond acceptors (Lipinski definition) is 2. The van der Waals surface area contributed by atoms with Gasteiger partial charge in [-0.3, -0.25) is 4.79 Å². The van der Waals surface area contributed by atoms with E-state index >= 15 is 0 Å². The van der Waals surface area contributed by atoms with Crippen molar-refractivity contribution in [3.63, 3.8) is 0 Å². The van der Waals surface area contributed by atoms with Crippen molar-refractivity contribution >= 4 is 28.5 Å². The van der Waals surface area contributed by atoms with Gasteiger partial charge in [0, 0.05) is 17.2 Å². The highest BCUT2D eigenvalue weighted by Crippen LogP contribution is 2.10. The molecule has 1 unspecified atom stereocenters. The van der Waals surface area contributed by atoms with Gasteiger partial charge in [-0.1, -0.05) is 12.1 Å². The monoisotopic (exact) mass is 319 g/mol. The van der Waals surface area contributed by atoms with Crippen LogP contribution in [0.3, 0.4) is 0 Å². The van der Waals surface area contributed by atoms with Gasteiger partial charge in [0.05, 0.1) is 11.7 Å². The van der Waals surface area contributed by atoms with Crippen LogP contribution >= 0.6 is 22.6 Å². The molecule has 0 aromatic heterocycles. The van der Waals surface area contributed by atoms with Gasteiger partial charge >= 0.3 is 0 Å². The first kappa shape index (κ1) is 12.4. The lowest BCUT2D eigenvalue weighted by Gasteiger charge is -2.11. The quantitative estimate of drug-likeness (QED) is 0.863. The third-order valence-corrected chi connectivity index (χ3v) is 3.01. The number of ether oxygens (including phenoxy) is 1. The summed E-state index contributed by atoms with van der Waals surface area (Å²) in [5.41, 5.74) is 0.710. The Morgan fingerprint density at radius 3 is 2.80 bits per heavy atom. The lowest BCUT2D eigenvalue weighted by Crippen LogP contribution is -2.31. The minimum absolute atomic E-state index is 0.0373. The van der Waals surface area contributed by atoms with E-state index in [1.165, 1.54) is 0 Å². The van der Waals surface area contributed by atoms with Crippen LogP contribution in [0.4, 0.5) is 0 Å². The van der Waals surface area contributed by atoms with E-state index in [9.17, 15) is 4.79 Å². The molecule has 0 aliphatic rings. The number of nitrogens with one attached hydrogen (secondary N) is 1. The highest BCUT2D eigenvalue weighted by atomic mass is 127. The molecule has 82 valence electrons. The van der Waals surface area contributed by atoms with Gasteiger partial charge in [-0.25, -0.2) is 0 Å². The van der Waals surface area contributed by atoms with Crippen molar-refractivity contribution in [2.75, 3.05) is 13.7 Å². The van der Waals surface area contributed by atoms with Gasteiger partial charge in [-0.15, -0.1) is 0 Å². The molecule has 1 atom stereocenters. The van der Waals surface area contributed by atoms with Gasteiger partial charge in [-0.2, -0.15) is 0 Å². The Balaban J connectivity index is 2.58. The first-order chi connectivity index (χ1) is 7.15. The van der Waals surface area contributed by atoms with Crippen molar-refractivity contribution in [3.8, 4) is 0 Å². The summed E-state index contributed by atoms with van der Waals surface area (Å²) >= 11 is 2.15. The van der Waals surface area contributed by atoms with Crippen LogP contribution in [0, 0.1) is 3.57 Å². The third kappa shape index (κ3) is 3.79. The normalized spacial score (nSPS) is 12.2. The number of rotatable bonds is 4. The largest absolute Gasteiger partial charge is 0.380 e. The molecule has 1 N–H and O–H groups in total. The van der Waals surface area contributed by atoms with Crippen molar-refractivity contribution in [2.24, 2.45) is 0 Å². The van der Waals surface area contributed by atoms with Crippen molar-refractivity contribution < 1.29 is 9.53 Å². The number of carbonyl (C=O) groups is 1. The zero-order valence-corrected chi connectivity index (χ0v) is 10.9. The molecule has 3 nitrogen and oxygen atoms in total. The van der Waals surface area contributed by atoms with Crippen LogP contribution in [0.25, 0.3) is 0 Å². The maximum atomic E-state index is 11.7. The summed E-state index contributed by atoms with van der Waals surface area (Å²) in [4.78, 5) is 11.7. The Kier molecular flexibility index (Phi) is 5.04. The van der Waals surface area contributed by atoms with Crippen molar-refractivity contribution in [2.45, 2.75) is 13.0 Å². The SMILES string of the molecule is COC(C)CNC(=O)c1ccccc1I. The Morgan fingerprint density at radius 2 is 2.20 bits per heavy atom. The molecule has 0 radical (unpaired) electrons. The van der Waals surface area contributed by atoms with Gasteiger partial charge in [0.25, 0.3) is 5.91 Å². The summed E-state index contributed by atoms with van der Waals surface area (Å²) in [6.45, 7) is 2.44. The van der Waals surface area contributed by atoms with Crippen LogP contribution in [0.15, 0.2) is 24.3 Å². The molecule has 0 spiro atoms. The van der Waals surface area contributed by atoms with Gasteiger partial charge in [-0.05, 0) is 41.6 Å². The minimum atomic E-state index is -0.0519. The van der Waals surface area contributed by atoms with Crippen LogP contribution in [-0.2, 0) is 4.74 Å². The first-order valence-corrected chi connectivity index (χ1v) is 5.78. The zero-order chi connectivity index (χ0) is 11.3. The van der Waals surface area contributed by atoms with Crippen molar-refractivity contribution in [1.82, 2.24) is 5.32 Å². The molecule has 0 bridgehead atoms. The number of hydrogen-bond donors (Lipinski definition) is 1. The van der Waals surface area contributed by atoms with E-state index in [-0.39, 0.29) is 12.0 Å². The second-order valence-corrected chi connectivity index (χ2v) is 4.40. The van der Waals surface area contributed by atoms with Crippen LogP contribution < -0.4 is 5.32 Å². The maximum Gasteiger partial charge on any atom is 0.252 e. The molecule has 0 heterocycles. The number of benzene rings is 1. The maximum absolute atomic E-state index is 11.7. The average Bonchev–Trinajstić information content (AvgIpc) is 2.26. The molecule has 15 heavy (non-hydrogen) atoms. The van der Waals surface area contributed by atoms with Crippen LogP contribution in [0.1, 0.15) is 17.3 Å². The molecule has 4 heteroatoms.